The second kappa shape index (κ2) is 7.79. The highest BCUT2D eigenvalue weighted by molar-refractivity contribution is 5.96. The number of ether oxygens (including phenoxy) is 1. The Morgan fingerprint density at radius 3 is 2.72 bits per heavy atom. The van der Waals surface area contributed by atoms with Crippen LogP contribution in [-0.4, -0.2) is 27.3 Å². The first kappa shape index (κ1) is 18.7. The highest BCUT2D eigenvalue weighted by atomic mass is 16.5. The molecule has 1 aliphatic heterocycles. The van der Waals surface area contributed by atoms with Crippen LogP contribution in [0.15, 0.2) is 67.1 Å². The lowest BCUT2D eigenvalue weighted by Gasteiger charge is -2.34. The van der Waals surface area contributed by atoms with E-state index >= 15 is 0 Å². The van der Waals surface area contributed by atoms with Crippen molar-refractivity contribution >= 4 is 17.5 Å². The lowest BCUT2D eigenvalue weighted by Crippen LogP contribution is -2.39. The van der Waals surface area contributed by atoms with Crippen molar-refractivity contribution in [3.63, 3.8) is 0 Å². The van der Waals surface area contributed by atoms with E-state index in [0.29, 0.717) is 18.3 Å². The van der Waals surface area contributed by atoms with Gasteiger partial charge in [-0.1, -0.05) is 36.9 Å². The summed E-state index contributed by atoms with van der Waals surface area (Å²) in [4.78, 5) is 17.6. The van der Waals surface area contributed by atoms with Gasteiger partial charge in [0.15, 0.2) is 0 Å². The SMILES string of the molecule is C=C1Nc2ncnn2[C@@H](c2ccc(OCC)cc2)[C@H]1C(=O)Nc1ccccc1C. The van der Waals surface area contributed by atoms with Crippen molar-refractivity contribution in [3.8, 4) is 5.75 Å². The zero-order chi connectivity index (χ0) is 20.4. The standard InChI is InChI=1S/C22H23N5O2/c1-4-29-17-11-9-16(10-12-17)20-19(15(3)25-22-23-13-24-27(20)22)21(28)26-18-8-6-5-7-14(18)2/h5-13,19-20H,3-4H2,1-2H3,(H,26,28)(H,23,24,25)/t19-,20-/m0/s1. The molecule has 2 atom stereocenters. The molecule has 0 bridgehead atoms. The van der Waals surface area contributed by atoms with Gasteiger partial charge in [-0.15, -0.1) is 0 Å². The smallest absolute Gasteiger partial charge is 0.235 e. The molecule has 2 aromatic carbocycles. The predicted molar refractivity (Wildman–Crippen MR) is 112 cm³/mol. The maximum atomic E-state index is 13.3. The van der Waals surface area contributed by atoms with E-state index in [1.165, 1.54) is 6.33 Å². The number of aryl methyl sites for hydroxylation is 1. The minimum Gasteiger partial charge on any atom is -0.494 e. The van der Waals surface area contributed by atoms with Gasteiger partial charge in [0.1, 0.15) is 18.0 Å². The van der Waals surface area contributed by atoms with Crippen LogP contribution >= 0.6 is 0 Å². The van der Waals surface area contributed by atoms with Crippen molar-refractivity contribution in [1.82, 2.24) is 14.8 Å². The first-order valence-electron chi connectivity index (χ1n) is 9.53. The molecule has 0 radical (unpaired) electrons. The van der Waals surface area contributed by atoms with Gasteiger partial charge in [0.25, 0.3) is 0 Å². The third-order valence-electron chi connectivity index (χ3n) is 5.02. The normalized spacial score (nSPS) is 17.9. The molecule has 2 N–H and O–H groups in total. The number of nitrogens with zero attached hydrogens (tertiary/aromatic N) is 3. The van der Waals surface area contributed by atoms with Gasteiger partial charge in [-0.2, -0.15) is 10.1 Å². The highest BCUT2D eigenvalue weighted by Gasteiger charge is 2.39. The first-order chi connectivity index (χ1) is 14.1. The zero-order valence-corrected chi connectivity index (χ0v) is 16.4. The number of rotatable bonds is 5. The van der Waals surface area contributed by atoms with E-state index in [2.05, 4.69) is 27.3 Å². The third kappa shape index (κ3) is 3.59. The lowest BCUT2D eigenvalue weighted by atomic mass is 9.88. The number of anilines is 2. The number of hydrogen-bond acceptors (Lipinski definition) is 5. The highest BCUT2D eigenvalue weighted by Crippen LogP contribution is 2.38. The second-order valence-electron chi connectivity index (χ2n) is 6.91. The number of hydrogen-bond donors (Lipinski definition) is 2. The predicted octanol–water partition coefficient (Wildman–Crippen LogP) is 3.77. The first-order valence-corrected chi connectivity index (χ1v) is 9.53. The quantitative estimate of drug-likeness (QED) is 0.694. The Kier molecular flexibility index (Phi) is 5.03. The molecule has 0 fully saturated rings. The van der Waals surface area contributed by atoms with Crippen LogP contribution in [0, 0.1) is 12.8 Å². The largest absolute Gasteiger partial charge is 0.494 e. The average Bonchev–Trinajstić information content (AvgIpc) is 3.17. The maximum Gasteiger partial charge on any atom is 0.235 e. The molecule has 1 aliphatic rings. The number of nitrogens with one attached hydrogen (secondary N) is 2. The van der Waals surface area contributed by atoms with Crippen molar-refractivity contribution in [2.75, 3.05) is 17.2 Å². The molecule has 7 nitrogen and oxygen atoms in total. The van der Waals surface area contributed by atoms with E-state index in [9.17, 15) is 4.79 Å². The Morgan fingerprint density at radius 2 is 2.00 bits per heavy atom. The van der Waals surface area contributed by atoms with Crippen LogP contribution in [-0.2, 0) is 4.79 Å². The van der Waals surface area contributed by atoms with Crippen LogP contribution in [0.4, 0.5) is 11.6 Å². The molecule has 0 unspecified atom stereocenters. The summed E-state index contributed by atoms with van der Waals surface area (Å²) in [6.07, 6.45) is 1.47. The molecule has 0 saturated carbocycles. The summed E-state index contributed by atoms with van der Waals surface area (Å²) in [5.74, 6) is 0.621. The van der Waals surface area contributed by atoms with Crippen LogP contribution in [0.1, 0.15) is 24.1 Å². The van der Waals surface area contributed by atoms with Crippen molar-refractivity contribution in [2.24, 2.45) is 5.92 Å². The Bertz CT molecular complexity index is 1040. The summed E-state index contributed by atoms with van der Waals surface area (Å²) in [5.41, 5.74) is 3.28. The number of fused-ring (bicyclic) bond motifs is 1. The summed E-state index contributed by atoms with van der Waals surface area (Å²) < 4.78 is 7.27. The Balaban J connectivity index is 1.71. The summed E-state index contributed by atoms with van der Waals surface area (Å²) in [6.45, 7) is 8.60. The number of carbonyl (C=O) groups excluding carboxylic acids is 1. The van der Waals surface area contributed by atoms with E-state index in [4.69, 9.17) is 4.74 Å². The fourth-order valence-electron chi connectivity index (χ4n) is 3.58. The molecule has 7 heteroatoms. The van der Waals surface area contributed by atoms with Crippen LogP contribution in [0.5, 0.6) is 5.75 Å². The molecule has 2 heterocycles. The molecule has 1 amide bonds. The molecule has 0 spiro atoms. The molecular weight excluding hydrogens is 366 g/mol. The number of benzene rings is 2. The molecular formula is C22H23N5O2. The zero-order valence-electron chi connectivity index (χ0n) is 16.4. The minimum absolute atomic E-state index is 0.156. The Hall–Kier alpha value is -3.61. The lowest BCUT2D eigenvalue weighted by molar-refractivity contribution is -0.119. The van der Waals surface area contributed by atoms with Gasteiger partial charge in [-0.25, -0.2) is 4.68 Å². The number of carbonyl (C=O) groups is 1. The van der Waals surface area contributed by atoms with Gasteiger partial charge in [0, 0.05) is 11.4 Å². The van der Waals surface area contributed by atoms with Crippen molar-refractivity contribution in [3.05, 3.63) is 78.3 Å². The van der Waals surface area contributed by atoms with Crippen molar-refractivity contribution < 1.29 is 9.53 Å². The van der Waals surface area contributed by atoms with E-state index in [0.717, 1.165) is 22.6 Å². The van der Waals surface area contributed by atoms with E-state index in [1.54, 1.807) is 4.68 Å². The molecule has 1 aromatic heterocycles. The van der Waals surface area contributed by atoms with Gasteiger partial charge >= 0.3 is 0 Å². The minimum atomic E-state index is -0.568. The fraction of sp³-hybridized carbons (Fsp3) is 0.227. The summed E-state index contributed by atoms with van der Waals surface area (Å²) in [6, 6.07) is 15.0. The molecule has 0 saturated heterocycles. The van der Waals surface area contributed by atoms with E-state index in [-0.39, 0.29) is 11.9 Å². The number of para-hydroxylation sites is 1. The van der Waals surface area contributed by atoms with Gasteiger partial charge in [-0.3, -0.25) is 4.79 Å². The van der Waals surface area contributed by atoms with Gasteiger partial charge < -0.3 is 15.4 Å². The number of aromatic nitrogens is 3. The average molecular weight is 389 g/mol. The topological polar surface area (TPSA) is 81.1 Å². The third-order valence-corrected chi connectivity index (χ3v) is 5.02. The van der Waals surface area contributed by atoms with Gasteiger partial charge in [-0.05, 0) is 43.2 Å². The number of amides is 1. The van der Waals surface area contributed by atoms with Gasteiger partial charge in [0.2, 0.25) is 11.9 Å². The van der Waals surface area contributed by atoms with Crippen LogP contribution < -0.4 is 15.4 Å². The monoisotopic (exact) mass is 389 g/mol. The van der Waals surface area contributed by atoms with Crippen LogP contribution in [0.25, 0.3) is 0 Å². The molecule has 0 aliphatic carbocycles. The maximum absolute atomic E-state index is 13.3. The summed E-state index contributed by atoms with van der Waals surface area (Å²) in [7, 11) is 0. The van der Waals surface area contributed by atoms with Crippen molar-refractivity contribution in [2.45, 2.75) is 19.9 Å². The Labute approximate surface area is 169 Å². The van der Waals surface area contributed by atoms with Crippen LogP contribution in [0.2, 0.25) is 0 Å². The molecule has 3 aromatic rings. The van der Waals surface area contributed by atoms with Crippen molar-refractivity contribution in [1.29, 1.82) is 0 Å². The second-order valence-corrected chi connectivity index (χ2v) is 6.91. The van der Waals surface area contributed by atoms with E-state index in [1.807, 2.05) is 62.4 Å². The molecule has 4 rings (SSSR count). The summed E-state index contributed by atoms with van der Waals surface area (Å²) >= 11 is 0. The molecule has 148 valence electrons. The Morgan fingerprint density at radius 1 is 1.24 bits per heavy atom. The molecule has 29 heavy (non-hydrogen) atoms. The fourth-order valence-corrected chi connectivity index (χ4v) is 3.58. The van der Waals surface area contributed by atoms with Gasteiger partial charge in [0.05, 0.1) is 12.6 Å². The van der Waals surface area contributed by atoms with Crippen LogP contribution in [0.3, 0.4) is 0 Å². The summed E-state index contributed by atoms with van der Waals surface area (Å²) in [5, 5.41) is 10.5. The van der Waals surface area contributed by atoms with E-state index < -0.39 is 5.92 Å².